The highest BCUT2D eigenvalue weighted by atomic mass is 35.5. The number of hydrogen-bond acceptors (Lipinski definition) is 2. The van der Waals surface area contributed by atoms with Crippen molar-refractivity contribution in [3.63, 3.8) is 0 Å². The molecule has 0 heterocycles. The van der Waals surface area contributed by atoms with Gasteiger partial charge in [-0.25, -0.2) is 9.18 Å². The monoisotopic (exact) mass is 218 g/mol. The van der Waals surface area contributed by atoms with E-state index in [9.17, 15) is 14.3 Å². The fraction of sp³-hybridized carbons (Fsp3) is 0.222. The smallest absolute Gasteiger partial charge is 0.340 e. The number of aliphatic carboxylic acids is 1. The van der Waals surface area contributed by atoms with Gasteiger partial charge in [0.2, 0.25) is 0 Å². The first kappa shape index (κ1) is 10.9. The van der Waals surface area contributed by atoms with E-state index in [4.69, 9.17) is 16.7 Å². The van der Waals surface area contributed by atoms with Gasteiger partial charge in [-0.3, -0.25) is 0 Å². The van der Waals surface area contributed by atoms with Crippen LogP contribution in [0.25, 0.3) is 0 Å². The number of aliphatic hydroxyl groups is 1. The van der Waals surface area contributed by atoms with E-state index >= 15 is 0 Å². The van der Waals surface area contributed by atoms with Gasteiger partial charge in [-0.05, 0) is 24.6 Å². The zero-order valence-corrected chi connectivity index (χ0v) is 8.05. The Morgan fingerprint density at radius 3 is 2.57 bits per heavy atom. The zero-order chi connectivity index (χ0) is 10.9. The highest BCUT2D eigenvalue weighted by Crippen LogP contribution is 2.25. The SMILES string of the molecule is CC(O)(C(=O)O)c1ccc(F)c(Cl)c1. The van der Waals surface area contributed by atoms with Crippen LogP contribution in [-0.4, -0.2) is 16.2 Å². The van der Waals surface area contributed by atoms with Crippen LogP contribution < -0.4 is 0 Å². The van der Waals surface area contributed by atoms with E-state index in [1.54, 1.807) is 0 Å². The second kappa shape index (κ2) is 3.55. The molecule has 0 aliphatic heterocycles. The molecule has 0 aliphatic carbocycles. The van der Waals surface area contributed by atoms with Gasteiger partial charge < -0.3 is 10.2 Å². The maximum atomic E-state index is 12.7. The molecule has 1 atom stereocenters. The van der Waals surface area contributed by atoms with E-state index in [0.717, 1.165) is 19.1 Å². The van der Waals surface area contributed by atoms with Crippen LogP contribution in [0.4, 0.5) is 4.39 Å². The van der Waals surface area contributed by atoms with Crippen LogP contribution in [0.1, 0.15) is 12.5 Å². The molecule has 0 spiro atoms. The summed E-state index contributed by atoms with van der Waals surface area (Å²) in [5.74, 6) is -2.07. The van der Waals surface area contributed by atoms with Crippen molar-refractivity contribution in [1.29, 1.82) is 0 Å². The summed E-state index contributed by atoms with van der Waals surface area (Å²) < 4.78 is 12.7. The maximum Gasteiger partial charge on any atom is 0.340 e. The Hall–Kier alpha value is -1.13. The Morgan fingerprint density at radius 2 is 2.14 bits per heavy atom. The van der Waals surface area contributed by atoms with Crippen molar-refractivity contribution >= 4 is 17.6 Å². The minimum atomic E-state index is -2.06. The van der Waals surface area contributed by atoms with Gasteiger partial charge in [0.1, 0.15) is 5.82 Å². The highest BCUT2D eigenvalue weighted by Gasteiger charge is 2.32. The van der Waals surface area contributed by atoms with E-state index in [0.29, 0.717) is 0 Å². The molecule has 0 bridgehead atoms. The Kier molecular flexibility index (Phi) is 2.78. The number of benzene rings is 1. The molecule has 0 saturated carbocycles. The van der Waals surface area contributed by atoms with E-state index in [2.05, 4.69) is 0 Å². The standard InChI is InChI=1S/C9H8ClFO3/c1-9(14,8(12)13)5-2-3-7(11)6(10)4-5/h2-4,14H,1H3,(H,12,13). The van der Waals surface area contributed by atoms with Gasteiger partial charge in [0.25, 0.3) is 0 Å². The lowest BCUT2D eigenvalue weighted by Gasteiger charge is -2.18. The minimum absolute atomic E-state index is 0.0383. The molecule has 0 amide bonds. The zero-order valence-electron chi connectivity index (χ0n) is 7.29. The van der Waals surface area contributed by atoms with E-state index in [-0.39, 0.29) is 10.6 Å². The summed E-state index contributed by atoms with van der Waals surface area (Å²) >= 11 is 5.45. The lowest BCUT2D eigenvalue weighted by Crippen LogP contribution is -2.31. The van der Waals surface area contributed by atoms with Gasteiger partial charge in [0, 0.05) is 0 Å². The highest BCUT2D eigenvalue weighted by molar-refractivity contribution is 6.30. The topological polar surface area (TPSA) is 57.5 Å². The van der Waals surface area contributed by atoms with Crippen LogP contribution in [0.5, 0.6) is 0 Å². The first-order valence-corrected chi connectivity index (χ1v) is 4.15. The Balaban J connectivity index is 3.21. The third kappa shape index (κ3) is 1.86. The molecule has 2 N–H and O–H groups in total. The number of rotatable bonds is 2. The molecule has 1 unspecified atom stereocenters. The third-order valence-corrected chi connectivity index (χ3v) is 2.19. The minimum Gasteiger partial charge on any atom is -0.479 e. The summed E-state index contributed by atoms with van der Waals surface area (Å²) in [7, 11) is 0. The fourth-order valence-corrected chi connectivity index (χ4v) is 1.10. The first-order chi connectivity index (χ1) is 6.35. The summed E-state index contributed by atoms with van der Waals surface area (Å²) in [4.78, 5) is 10.6. The van der Waals surface area contributed by atoms with Crippen LogP contribution in [0.3, 0.4) is 0 Å². The number of carbonyl (C=O) groups is 1. The number of hydrogen-bond donors (Lipinski definition) is 2. The van der Waals surface area contributed by atoms with Crippen molar-refractivity contribution in [3.8, 4) is 0 Å². The van der Waals surface area contributed by atoms with Crippen LogP contribution in [0.15, 0.2) is 18.2 Å². The molecule has 0 radical (unpaired) electrons. The summed E-state index contributed by atoms with van der Waals surface area (Å²) in [6, 6.07) is 3.27. The molecule has 1 aromatic carbocycles. The van der Waals surface area contributed by atoms with Crippen molar-refractivity contribution < 1.29 is 19.4 Å². The van der Waals surface area contributed by atoms with Gasteiger partial charge in [-0.1, -0.05) is 17.7 Å². The number of halogens is 2. The van der Waals surface area contributed by atoms with E-state index in [1.165, 1.54) is 6.07 Å². The molecule has 5 heteroatoms. The normalized spacial score (nSPS) is 14.9. The van der Waals surface area contributed by atoms with Crippen molar-refractivity contribution in [3.05, 3.63) is 34.6 Å². The van der Waals surface area contributed by atoms with E-state index in [1.807, 2.05) is 0 Å². The van der Waals surface area contributed by atoms with Crippen LogP contribution >= 0.6 is 11.6 Å². The van der Waals surface area contributed by atoms with Crippen molar-refractivity contribution in [2.75, 3.05) is 0 Å². The molecular formula is C9H8ClFO3. The van der Waals surface area contributed by atoms with Crippen LogP contribution in [0.2, 0.25) is 5.02 Å². The lowest BCUT2D eigenvalue weighted by molar-refractivity contribution is -0.157. The number of carboxylic acids is 1. The molecule has 76 valence electrons. The quantitative estimate of drug-likeness (QED) is 0.796. The largest absolute Gasteiger partial charge is 0.479 e. The van der Waals surface area contributed by atoms with Crippen LogP contribution in [0, 0.1) is 5.82 Å². The second-order valence-corrected chi connectivity index (χ2v) is 3.41. The van der Waals surface area contributed by atoms with Gasteiger partial charge in [0.05, 0.1) is 5.02 Å². The summed E-state index contributed by atoms with van der Waals surface area (Å²) in [6.45, 7) is 1.10. The van der Waals surface area contributed by atoms with Gasteiger partial charge in [0.15, 0.2) is 5.60 Å². The van der Waals surface area contributed by atoms with Gasteiger partial charge in [-0.2, -0.15) is 0 Å². The average molecular weight is 219 g/mol. The summed E-state index contributed by atoms with van der Waals surface area (Å²) in [5, 5.41) is 17.9. The Labute approximate surface area is 84.7 Å². The lowest BCUT2D eigenvalue weighted by atomic mass is 9.96. The van der Waals surface area contributed by atoms with E-state index < -0.39 is 17.4 Å². The molecule has 3 nitrogen and oxygen atoms in total. The third-order valence-electron chi connectivity index (χ3n) is 1.90. The second-order valence-electron chi connectivity index (χ2n) is 3.01. The Morgan fingerprint density at radius 1 is 1.57 bits per heavy atom. The number of carboxylic acid groups (broad SMARTS) is 1. The summed E-state index contributed by atoms with van der Waals surface area (Å²) in [5.41, 5.74) is -2.02. The predicted molar refractivity (Wildman–Crippen MR) is 48.6 cm³/mol. The molecule has 0 fully saturated rings. The first-order valence-electron chi connectivity index (χ1n) is 3.77. The van der Waals surface area contributed by atoms with Gasteiger partial charge in [-0.15, -0.1) is 0 Å². The molecule has 14 heavy (non-hydrogen) atoms. The van der Waals surface area contributed by atoms with Crippen molar-refractivity contribution in [1.82, 2.24) is 0 Å². The van der Waals surface area contributed by atoms with Crippen molar-refractivity contribution in [2.45, 2.75) is 12.5 Å². The molecule has 0 aliphatic rings. The van der Waals surface area contributed by atoms with Gasteiger partial charge >= 0.3 is 5.97 Å². The molecule has 1 rings (SSSR count). The predicted octanol–water partition coefficient (Wildman–Crippen LogP) is 1.77. The molecular weight excluding hydrogens is 211 g/mol. The summed E-state index contributed by atoms with van der Waals surface area (Å²) in [6.07, 6.45) is 0. The molecule has 0 aromatic heterocycles. The fourth-order valence-electron chi connectivity index (χ4n) is 0.922. The van der Waals surface area contributed by atoms with Crippen molar-refractivity contribution in [2.24, 2.45) is 0 Å². The maximum absolute atomic E-state index is 12.7. The molecule has 0 saturated heterocycles. The van der Waals surface area contributed by atoms with Crippen LogP contribution in [-0.2, 0) is 10.4 Å². The average Bonchev–Trinajstić information content (AvgIpc) is 2.09. The molecule has 1 aromatic rings. The Bertz CT molecular complexity index is 376.